The number of sulfonamides is 1. The first-order valence-corrected chi connectivity index (χ1v) is 12.7. The van der Waals surface area contributed by atoms with Crippen molar-refractivity contribution in [1.29, 1.82) is 0 Å². The standard InChI is InChI=1S/C24H29ClN2O3S/c1-16-3-10-22(17(2)15-16)31(29,30)27-13-11-20(12-14-27)24(28)26-23(18-4-5-18)19-6-8-21(25)9-7-19/h3,6-10,15,18,20,23H,4-5,11-14H2,1-2H3,(H,26,28). The highest BCUT2D eigenvalue weighted by Crippen LogP contribution is 2.41. The maximum atomic E-state index is 13.1. The lowest BCUT2D eigenvalue weighted by molar-refractivity contribution is -0.127. The minimum Gasteiger partial charge on any atom is -0.349 e. The molecule has 1 atom stereocenters. The van der Waals surface area contributed by atoms with Crippen LogP contribution in [0, 0.1) is 25.7 Å². The second kappa shape index (κ2) is 8.93. The van der Waals surface area contributed by atoms with Gasteiger partial charge in [-0.05, 0) is 74.8 Å². The van der Waals surface area contributed by atoms with Gasteiger partial charge in [0, 0.05) is 24.0 Å². The zero-order valence-electron chi connectivity index (χ0n) is 18.0. The Kier molecular flexibility index (Phi) is 6.42. The van der Waals surface area contributed by atoms with Crippen molar-refractivity contribution < 1.29 is 13.2 Å². The first-order valence-electron chi connectivity index (χ1n) is 10.9. The lowest BCUT2D eigenvalue weighted by Crippen LogP contribution is -2.44. The Labute approximate surface area is 189 Å². The monoisotopic (exact) mass is 460 g/mol. The third-order valence-electron chi connectivity index (χ3n) is 6.39. The molecule has 2 aromatic rings. The number of hydrogen-bond donors (Lipinski definition) is 1. The molecular weight excluding hydrogens is 432 g/mol. The van der Waals surface area contributed by atoms with Crippen LogP contribution in [0.25, 0.3) is 0 Å². The number of carbonyl (C=O) groups is 1. The van der Waals surface area contributed by atoms with E-state index in [1.54, 1.807) is 6.07 Å². The molecule has 2 aromatic carbocycles. The third kappa shape index (κ3) is 4.97. The summed E-state index contributed by atoms with van der Waals surface area (Å²) in [7, 11) is -3.54. The molecule has 1 aliphatic heterocycles. The van der Waals surface area contributed by atoms with Gasteiger partial charge in [0.25, 0.3) is 0 Å². The van der Waals surface area contributed by atoms with Gasteiger partial charge in [-0.25, -0.2) is 8.42 Å². The van der Waals surface area contributed by atoms with Crippen LogP contribution in [0.15, 0.2) is 47.4 Å². The Balaban J connectivity index is 1.40. The molecule has 2 aliphatic rings. The van der Waals surface area contributed by atoms with Crippen LogP contribution in [0.1, 0.15) is 48.4 Å². The van der Waals surface area contributed by atoms with Gasteiger partial charge >= 0.3 is 0 Å². The van der Waals surface area contributed by atoms with E-state index < -0.39 is 10.0 Å². The number of rotatable bonds is 6. The first-order chi connectivity index (χ1) is 14.8. The molecule has 0 aromatic heterocycles. The molecule has 0 bridgehead atoms. The molecule has 1 saturated heterocycles. The van der Waals surface area contributed by atoms with E-state index in [0.717, 1.165) is 29.5 Å². The topological polar surface area (TPSA) is 66.5 Å². The van der Waals surface area contributed by atoms with Crippen molar-refractivity contribution in [2.45, 2.75) is 50.5 Å². The molecule has 1 saturated carbocycles. The summed E-state index contributed by atoms with van der Waals surface area (Å²) in [4.78, 5) is 13.4. The zero-order chi connectivity index (χ0) is 22.2. The average molecular weight is 461 g/mol. The fourth-order valence-electron chi connectivity index (χ4n) is 4.43. The molecule has 1 heterocycles. The van der Waals surface area contributed by atoms with Gasteiger partial charge < -0.3 is 5.32 Å². The van der Waals surface area contributed by atoms with Crippen LogP contribution in [-0.2, 0) is 14.8 Å². The van der Waals surface area contributed by atoms with Crippen molar-refractivity contribution >= 4 is 27.5 Å². The van der Waals surface area contributed by atoms with E-state index in [-0.39, 0.29) is 17.9 Å². The average Bonchev–Trinajstić information content (AvgIpc) is 3.57. The zero-order valence-corrected chi connectivity index (χ0v) is 19.5. The van der Waals surface area contributed by atoms with E-state index in [9.17, 15) is 13.2 Å². The lowest BCUT2D eigenvalue weighted by atomic mass is 9.95. The fourth-order valence-corrected chi connectivity index (χ4v) is 6.23. The maximum Gasteiger partial charge on any atom is 0.243 e. The molecule has 5 nitrogen and oxygen atoms in total. The number of nitrogens with zero attached hydrogens (tertiary/aromatic N) is 1. The minimum absolute atomic E-state index is 0.00161. The number of halogens is 1. The molecule has 2 fully saturated rings. The smallest absolute Gasteiger partial charge is 0.243 e. The highest BCUT2D eigenvalue weighted by molar-refractivity contribution is 7.89. The normalized spacial score (nSPS) is 19.2. The number of amides is 1. The minimum atomic E-state index is -3.54. The second-order valence-corrected chi connectivity index (χ2v) is 11.2. The number of nitrogens with one attached hydrogen (secondary N) is 1. The van der Waals surface area contributed by atoms with Crippen LogP contribution in [0.4, 0.5) is 0 Å². The van der Waals surface area contributed by atoms with Gasteiger partial charge in [0.05, 0.1) is 10.9 Å². The molecule has 0 radical (unpaired) electrons. The molecule has 1 unspecified atom stereocenters. The summed E-state index contributed by atoms with van der Waals surface area (Å²) >= 11 is 6.01. The maximum absolute atomic E-state index is 13.1. The van der Waals surface area contributed by atoms with E-state index in [1.165, 1.54) is 4.31 Å². The molecule has 7 heteroatoms. The van der Waals surface area contributed by atoms with Crippen molar-refractivity contribution in [2.24, 2.45) is 11.8 Å². The molecule has 1 amide bonds. The molecular formula is C24H29ClN2O3S. The number of aryl methyl sites for hydroxylation is 2. The summed E-state index contributed by atoms with van der Waals surface area (Å²) in [5.74, 6) is 0.324. The van der Waals surface area contributed by atoms with Gasteiger partial charge in [0.2, 0.25) is 15.9 Å². The van der Waals surface area contributed by atoms with Gasteiger partial charge in [-0.3, -0.25) is 4.79 Å². The Bertz CT molecular complexity index is 1060. The highest BCUT2D eigenvalue weighted by Gasteiger charge is 2.37. The summed E-state index contributed by atoms with van der Waals surface area (Å²) in [6, 6.07) is 13.1. The Morgan fingerprint density at radius 3 is 2.26 bits per heavy atom. The van der Waals surface area contributed by atoms with E-state index in [1.807, 2.05) is 50.2 Å². The molecule has 166 valence electrons. The summed E-state index contributed by atoms with van der Waals surface area (Å²) in [5, 5.41) is 3.92. The molecule has 4 rings (SSSR count). The first kappa shape index (κ1) is 22.3. The predicted octanol–water partition coefficient (Wildman–Crippen LogP) is 4.63. The van der Waals surface area contributed by atoms with Crippen LogP contribution >= 0.6 is 11.6 Å². The SMILES string of the molecule is Cc1ccc(S(=O)(=O)N2CCC(C(=O)NC(c3ccc(Cl)cc3)C3CC3)CC2)c(C)c1. The van der Waals surface area contributed by atoms with Gasteiger partial charge in [0.15, 0.2) is 0 Å². The largest absolute Gasteiger partial charge is 0.349 e. The van der Waals surface area contributed by atoms with Crippen LogP contribution in [0.3, 0.4) is 0 Å². The Morgan fingerprint density at radius 2 is 1.68 bits per heavy atom. The van der Waals surface area contributed by atoms with Gasteiger partial charge in [-0.15, -0.1) is 0 Å². The predicted molar refractivity (Wildman–Crippen MR) is 122 cm³/mol. The number of benzene rings is 2. The molecule has 0 spiro atoms. The van der Waals surface area contributed by atoms with Crippen molar-refractivity contribution in [3.05, 3.63) is 64.2 Å². The van der Waals surface area contributed by atoms with Gasteiger partial charge in [-0.2, -0.15) is 4.31 Å². The number of piperidine rings is 1. The summed E-state index contributed by atoms with van der Waals surface area (Å²) in [5.41, 5.74) is 2.88. The second-order valence-electron chi connectivity index (χ2n) is 8.82. The molecule has 31 heavy (non-hydrogen) atoms. The van der Waals surface area contributed by atoms with E-state index >= 15 is 0 Å². The Hall–Kier alpha value is -1.89. The van der Waals surface area contributed by atoms with Gasteiger partial charge in [-0.1, -0.05) is 41.4 Å². The third-order valence-corrected chi connectivity index (χ3v) is 8.70. The molecule has 1 N–H and O–H groups in total. The summed E-state index contributed by atoms with van der Waals surface area (Å²) in [6.45, 7) is 4.51. The van der Waals surface area contributed by atoms with Crippen molar-refractivity contribution in [3.63, 3.8) is 0 Å². The fraction of sp³-hybridized carbons (Fsp3) is 0.458. The quantitative estimate of drug-likeness (QED) is 0.683. The van der Waals surface area contributed by atoms with Gasteiger partial charge in [0.1, 0.15) is 0 Å². The summed E-state index contributed by atoms with van der Waals surface area (Å²) in [6.07, 6.45) is 3.29. The van der Waals surface area contributed by atoms with Crippen LogP contribution in [0.2, 0.25) is 5.02 Å². The molecule has 1 aliphatic carbocycles. The summed E-state index contributed by atoms with van der Waals surface area (Å²) < 4.78 is 27.7. The van der Waals surface area contributed by atoms with Crippen LogP contribution < -0.4 is 5.32 Å². The van der Waals surface area contributed by atoms with E-state index in [4.69, 9.17) is 11.6 Å². The lowest BCUT2D eigenvalue weighted by Gasteiger charge is -2.32. The van der Waals surface area contributed by atoms with Crippen molar-refractivity contribution in [3.8, 4) is 0 Å². The van der Waals surface area contributed by atoms with E-state index in [0.29, 0.717) is 41.8 Å². The Morgan fingerprint density at radius 1 is 1.03 bits per heavy atom. The van der Waals surface area contributed by atoms with Crippen molar-refractivity contribution in [1.82, 2.24) is 9.62 Å². The van der Waals surface area contributed by atoms with Crippen LogP contribution in [-0.4, -0.2) is 31.7 Å². The van der Waals surface area contributed by atoms with E-state index in [2.05, 4.69) is 5.32 Å². The highest BCUT2D eigenvalue weighted by atomic mass is 35.5. The van der Waals surface area contributed by atoms with Crippen LogP contribution in [0.5, 0.6) is 0 Å². The number of carbonyl (C=O) groups excluding carboxylic acids is 1. The van der Waals surface area contributed by atoms with Crippen molar-refractivity contribution in [2.75, 3.05) is 13.1 Å². The number of hydrogen-bond acceptors (Lipinski definition) is 3.